The summed E-state index contributed by atoms with van der Waals surface area (Å²) in [6, 6.07) is 71.7. The van der Waals surface area contributed by atoms with Crippen LogP contribution in [0.3, 0.4) is 0 Å². The lowest BCUT2D eigenvalue weighted by Gasteiger charge is -2.20. The van der Waals surface area contributed by atoms with E-state index in [0.29, 0.717) is 0 Å². The molecule has 13 aromatic rings. The van der Waals surface area contributed by atoms with Gasteiger partial charge in [0, 0.05) is 30.9 Å². The van der Waals surface area contributed by atoms with Crippen molar-refractivity contribution >= 4 is 107 Å². The minimum absolute atomic E-state index is 0.939. The van der Waals surface area contributed by atoms with Crippen LogP contribution in [0.25, 0.3) is 129 Å². The third-order valence-corrected chi connectivity index (χ3v) is 13.6. The molecule has 0 spiro atoms. The average molecular weight is 753 g/mol. The summed E-state index contributed by atoms with van der Waals surface area (Å²) in [7, 11) is 0. The van der Waals surface area contributed by atoms with Crippen LogP contribution in [0.15, 0.2) is 199 Å². The van der Waals surface area contributed by atoms with Crippen molar-refractivity contribution in [2.45, 2.75) is 0 Å². The monoisotopic (exact) mass is 752 g/mol. The van der Waals surface area contributed by atoms with Crippen molar-refractivity contribution in [1.82, 2.24) is 0 Å². The van der Waals surface area contributed by atoms with Gasteiger partial charge < -0.3 is 4.42 Å². The van der Waals surface area contributed by atoms with Crippen molar-refractivity contribution in [1.29, 1.82) is 0 Å². The highest BCUT2D eigenvalue weighted by Gasteiger charge is 2.20. The SMILES string of the molecule is c1ccc2cc(-c3c4ccccc4c(-c4ccc(-c5ccc6c(ccc7c8cc9c(cc8sc67)oc6ccccc69)c5)c5ccccc45)c4ccccc34)ccc2c1. The maximum absolute atomic E-state index is 6.27. The van der Waals surface area contributed by atoms with E-state index in [0.717, 1.165) is 11.2 Å². The van der Waals surface area contributed by atoms with Gasteiger partial charge in [0.15, 0.2) is 0 Å². The number of hydrogen-bond acceptors (Lipinski definition) is 2. The highest BCUT2D eigenvalue weighted by Crippen LogP contribution is 2.48. The Bertz CT molecular complexity index is 3810. The largest absolute Gasteiger partial charge is 0.456 e. The molecule has 0 aliphatic carbocycles. The van der Waals surface area contributed by atoms with Gasteiger partial charge in [-0.25, -0.2) is 0 Å². The summed E-state index contributed by atoms with van der Waals surface area (Å²) in [6.07, 6.45) is 0. The number of furan rings is 1. The fraction of sp³-hybridized carbons (Fsp3) is 0. The van der Waals surface area contributed by atoms with Gasteiger partial charge in [-0.05, 0) is 118 Å². The molecule has 0 saturated heterocycles. The van der Waals surface area contributed by atoms with E-state index in [2.05, 4.69) is 188 Å². The van der Waals surface area contributed by atoms with Crippen molar-refractivity contribution in [3.63, 3.8) is 0 Å². The van der Waals surface area contributed by atoms with Gasteiger partial charge in [0.1, 0.15) is 11.2 Å². The molecule has 0 radical (unpaired) electrons. The van der Waals surface area contributed by atoms with Gasteiger partial charge >= 0.3 is 0 Å². The lowest BCUT2D eigenvalue weighted by atomic mass is 9.83. The Morgan fingerprint density at radius 2 is 0.862 bits per heavy atom. The molecular weight excluding hydrogens is 721 g/mol. The second-order valence-electron chi connectivity index (χ2n) is 15.5. The zero-order chi connectivity index (χ0) is 37.9. The van der Waals surface area contributed by atoms with Crippen LogP contribution < -0.4 is 0 Å². The molecule has 0 saturated carbocycles. The second kappa shape index (κ2) is 12.1. The highest BCUT2D eigenvalue weighted by molar-refractivity contribution is 7.26. The van der Waals surface area contributed by atoms with E-state index in [1.165, 1.54) is 118 Å². The summed E-state index contributed by atoms with van der Waals surface area (Å²) < 4.78 is 8.84. The predicted octanol–water partition coefficient (Wildman–Crippen LogP) is 16.7. The molecule has 13 rings (SSSR count). The second-order valence-corrected chi connectivity index (χ2v) is 16.6. The molecule has 0 bridgehead atoms. The molecule has 0 aliphatic heterocycles. The van der Waals surface area contributed by atoms with E-state index in [1.54, 1.807) is 0 Å². The number of thiophene rings is 1. The van der Waals surface area contributed by atoms with Gasteiger partial charge in [-0.3, -0.25) is 0 Å². The molecule has 2 heteroatoms. The first-order chi connectivity index (χ1) is 28.7. The molecule has 0 amide bonds. The summed E-state index contributed by atoms with van der Waals surface area (Å²) in [6.45, 7) is 0. The molecule has 268 valence electrons. The summed E-state index contributed by atoms with van der Waals surface area (Å²) >= 11 is 1.86. The van der Waals surface area contributed by atoms with Gasteiger partial charge in [0.2, 0.25) is 0 Å². The lowest BCUT2D eigenvalue weighted by Crippen LogP contribution is -1.92. The minimum atomic E-state index is 0.939. The van der Waals surface area contributed by atoms with Crippen molar-refractivity contribution in [3.8, 4) is 33.4 Å². The van der Waals surface area contributed by atoms with Crippen molar-refractivity contribution < 1.29 is 4.42 Å². The molecule has 2 aromatic heterocycles. The highest BCUT2D eigenvalue weighted by atomic mass is 32.1. The van der Waals surface area contributed by atoms with Gasteiger partial charge in [0.05, 0.1) is 0 Å². The molecule has 1 nitrogen and oxygen atoms in total. The Hall–Kier alpha value is -7.26. The first kappa shape index (κ1) is 31.9. The molecule has 2 heterocycles. The number of fused-ring (bicyclic) bond motifs is 12. The smallest absolute Gasteiger partial charge is 0.136 e. The number of hydrogen-bond donors (Lipinski definition) is 0. The Labute approximate surface area is 337 Å². The fourth-order valence-corrected chi connectivity index (χ4v) is 11.0. The molecule has 58 heavy (non-hydrogen) atoms. The molecule has 11 aromatic carbocycles. The quantitative estimate of drug-likeness (QED) is 0.164. The van der Waals surface area contributed by atoms with Gasteiger partial charge in [-0.15, -0.1) is 11.3 Å². The first-order valence-corrected chi connectivity index (χ1v) is 20.7. The van der Waals surface area contributed by atoms with E-state index in [9.17, 15) is 0 Å². The van der Waals surface area contributed by atoms with Crippen LogP contribution in [-0.2, 0) is 0 Å². The fourth-order valence-electron chi connectivity index (χ4n) is 9.79. The van der Waals surface area contributed by atoms with Crippen molar-refractivity contribution in [2.75, 3.05) is 0 Å². The normalized spacial score (nSPS) is 12.1. The van der Waals surface area contributed by atoms with Crippen LogP contribution in [0.2, 0.25) is 0 Å². The topological polar surface area (TPSA) is 13.1 Å². The first-order valence-electron chi connectivity index (χ1n) is 19.9. The van der Waals surface area contributed by atoms with Crippen molar-refractivity contribution in [3.05, 3.63) is 194 Å². The average Bonchev–Trinajstić information content (AvgIpc) is 3.84. The molecule has 0 unspecified atom stereocenters. The maximum Gasteiger partial charge on any atom is 0.136 e. The zero-order valence-corrected chi connectivity index (χ0v) is 32.1. The zero-order valence-electron chi connectivity index (χ0n) is 31.3. The lowest BCUT2D eigenvalue weighted by molar-refractivity contribution is 0.669. The van der Waals surface area contributed by atoms with Gasteiger partial charge in [0.25, 0.3) is 0 Å². The number of rotatable bonds is 3. The van der Waals surface area contributed by atoms with Crippen LogP contribution in [0.1, 0.15) is 0 Å². The maximum atomic E-state index is 6.27. The van der Waals surface area contributed by atoms with Crippen LogP contribution in [-0.4, -0.2) is 0 Å². The Kier molecular flexibility index (Phi) is 6.66. The summed E-state index contributed by atoms with van der Waals surface area (Å²) in [4.78, 5) is 0. The molecule has 0 fully saturated rings. The summed E-state index contributed by atoms with van der Waals surface area (Å²) in [5.41, 5.74) is 9.41. The Morgan fingerprint density at radius 3 is 1.64 bits per heavy atom. The third-order valence-electron chi connectivity index (χ3n) is 12.4. The van der Waals surface area contributed by atoms with Crippen LogP contribution in [0.4, 0.5) is 0 Å². The van der Waals surface area contributed by atoms with Crippen LogP contribution >= 0.6 is 11.3 Å². The van der Waals surface area contributed by atoms with Gasteiger partial charge in [-0.1, -0.05) is 164 Å². The minimum Gasteiger partial charge on any atom is -0.456 e. The van der Waals surface area contributed by atoms with E-state index >= 15 is 0 Å². The molecule has 0 atom stereocenters. The van der Waals surface area contributed by atoms with Gasteiger partial charge in [-0.2, -0.15) is 0 Å². The van der Waals surface area contributed by atoms with E-state index in [4.69, 9.17) is 4.42 Å². The van der Waals surface area contributed by atoms with Crippen molar-refractivity contribution in [2.24, 2.45) is 0 Å². The van der Waals surface area contributed by atoms with E-state index in [1.807, 2.05) is 17.4 Å². The van der Waals surface area contributed by atoms with E-state index < -0.39 is 0 Å². The predicted molar refractivity (Wildman–Crippen MR) is 250 cm³/mol. The standard InChI is InChI=1S/C56H32OS/c1-2-12-34-29-37(22-21-33(34)11-1)54-43-16-5-7-18-45(43)55(46-19-8-6-17-44(46)54)47-28-27-38(40-13-3-4-14-41(40)47)35-23-25-39-36(30-35)24-26-48-50-31-49-42-15-9-10-20-51(42)57-52(49)32-53(50)58-56(39)48/h1-32H. The number of benzene rings is 11. The van der Waals surface area contributed by atoms with Crippen LogP contribution in [0.5, 0.6) is 0 Å². The Morgan fingerprint density at radius 1 is 0.293 bits per heavy atom. The summed E-state index contributed by atoms with van der Waals surface area (Å²) in [5.74, 6) is 0. The molecule has 0 N–H and O–H groups in total. The van der Waals surface area contributed by atoms with E-state index in [-0.39, 0.29) is 0 Å². The van der Waals surface area contributed by atoms with Crippen LogP contribution in [0, 0.1) is 0 Å². The summed E-state index contributed by atoms with van der Waals surface area (Å²) in [5, 5.41) is 17.6. The number of para-hydroxylation sites is 1. The Balaban J connectivity index is 0.987. The molecule has 0 aliphatic rings. The third kappa shape index (κ3) is 4.58. The molecular formula is C56H32OS.